The second-order valence-corrected chi connectivity index (χ2v) is 5.62. The van der Waals surface area contributed by atoms with Crippen LogP contribution in [0, 0.1) is 5.92 Å². The molecule has 0 aromatic rings. The molecule has 0 radical (unpaired) electrons. The van der Waals surface area contributed by atoms with Crippen LogP contribution in [0.15, 0.2) is 0 Å². The Morgan fingerprint density at radius 2 is 1.72 bits per heavy atom. The molecule has 0 aromatic carbocycles. The molecule has 1 aliphatic rings. The van der Waals surface area contributed by atoms with Crippen LogP contribution in [0.25, 0.3) is 0 Å². The summed E-state index contributed by atoms with van der Waals surface area (Å²) in [5.41, 5.74) is 0. The number of nitrogens with one attached hydrogen (secondary N) is 1. The Labute approximate surface area is 108 Å². The average molecular weight is 266 g/mol. The van der Waals surface area contributed by atoms with Crippen LogP contribution < -0.4 is 5.32 Å². The molecule has 0 heterocycles. The van der Waals surface area contributed by atoms with Crippen LogP contribution in [-0.2, 0) is 0 Å². The lowest BCUT2D eigenvalue weighted by atomic mass is 9.85. The third-order valence-electron chi connectivity index (χ3n) is 3.97. The first kappa shape index (κ1) is 15.8. The quantitative estimate of drug-likeness (QED) is 0.823. The fourth-order valence-electron chi connectivity index (χ4n) is 2.33. The molecule has 0 amide bonds. The minimum absolute atomic E-state index is 0.268. The summed E-state index contributed by atoms with van der Waals surface area (Å²) in [6.45, 7) is 6.07. The highest BCUT2D eigenvalue weighted by Gasteiger charge is 2.41. The first-order valence-corrected chi connectivity index (χ1v) is 6.81. The number of likely N-dealkylation sites (N-methyl/N-ethyl adjacent to an activating group) is 1. The van der Waals surface area contributed by atoms with Crippen molar-refractivity contribution in [3.05, 3.63) is 0 Å². The molecule has 1 fully saturated rings. The fraction of sp³-hybridized carbons (Fsp3) is 1.00. The lowest BCUT2D eigenvalue weighted by Gasteiger charge is -2.31. The van der Waals surface area contributed by atoms with Crippen LogP contribution in [0.3, 0.4) is 0 Å². The van der Waals surface area contributed by atoms with Crippen molar-refractivity contribution in [3.8, 4) is 0 Å². The zero-order chi connectivity index (χ0) is 13.8. The van der Waals surface area contributed by atoms with Crippen LogP contribution in [0.5, 0.6) is 0 Å². The zero-order valence-electron chi connectivity index (χ0n) is 11.6. The van der Waals surface area contributed by atoms with Crippen molar-refractivity contribution < 1.29 is 13.2 Å². The Morgan fingerprint density at radius 3 is 2.17 bits per heavy atom. The SMILES string of the molecule is CC(C)N(C)CCNC1CCC(C(F)(F)F)CC1. The maximum Gasteiger partial charge on any atom is 0.391 e. The molecule has 0 bridgehead atoms. The van der Waals surface area contributed by atoms with Crippen LogP contribution in [0.1, 0.15) is 39.5 Å². The van der Waals surface area contributed by atoms with E-state index in [-0.39, 0.29) is 18.9 Å². The summed E-state index contributed by atoms with van der Waals surface area (Å²) in [6.07, 6.45) is -2.14. The van der Waals surface area contributed by atoms with Gasteiger partial charge in [0.2, 0.25) is 0 Å². The molecular formula is C13H25F3N2. The highest BCUT2D eigenvalue weighted by atomic mass is 19.4. The molecule has 1 rings (SSSR count). The van der Waals surface area contributed by atoms with E-state index in [1.54, 1.807) is 0 Å². The fourth-order valence-corrected chi connectivity index (χ4v) is 2.33. The summed E-state index contributed by atoms with van der Waals surface area (Å²) in [7, 11) is 2.06. The summed E-state index contributed by atoms with van der Waals surface area (Å²) in [6, 6.07) is 0.775. The smallest absolute Gasteiger partial charge is 0.313 e. The Kier molecular flexibility index (Phi) is 5.92. The summed E-state index contributed by atoms with van der Waals surface area (Å²) in [5, 5.41) is 3.37. The third-order valence-corrected chi connectivity index (χ3v) is 3.97. The van der Waals surface area contributed by atoms with Gasteiger partial charge in [0.15, 0.2) is 0 Å². The Bertz CT molecular complexity index is 233. The molecule has 108 valence electrons. The van der Waals surface area contributed by atoms with Crippen LogP contribution in [0.4, 0.5) is 13.2 Å². The molecule has 2 nitrogen and oxygen atoms in total. The average Bonchev–Trinajstić information content (AvgIpc) is 2.28. The van der Waals surface area contributed by atoms with Gasteiger partial charge in [-0.25, -0.2) is 0 Å². The lowest BCUT2D eigenvalue weighted by Crippen LogP contribution is -2.41. The maximum absolute atomic E-state index is 12.5. The summed E-state index contributed by atoms with van der Waals surface area (Å²) < 4.78 is 37.5. The largest absolute Gasteiger partial charge is 0.391 e. The normalized spacial score (nSPS) is 26.0. The molecule has 18 heavy (non-hydrogen) atoms. The Balaban J connectivity index is 2.16. The van der Waals surface area contributed by atoms with E-state index < -0.39 is 12.1 Å². The molecule has 0 unspecified atom stereocenters. The van der Waals surface area contributed by atoms with Gasteiger partial charge in [0.1, 0.15) is 0 Å². The molecule has 5 heteroatoms. The second-order valence-electron chi connectivity index (χ2n) is 5.62. The van der Waals surface area contributed by atoms with Gasteiger partial charge in [0, 0.05) is 25.2 Å². The van der Waals surface area contributed by atoms with E-state index in [1.165, 1.54) is 0 Å². The lowest BCUT2D eigenvalue weighted by molar-refractivity contribution is -0.182. The van der Waals surface area contributed by atoms with E-state index >= 15 is 0 Å². The van der Waals surface area contributed by atoms with Gasteiger partial charge >= 0.3 is 6.18 Å². The Morgan fingerprint density at radius 1 is 1.17 bits per heavy atom. The molecular weight excluding hydrogens is 241 g/mol. The first-order valence-electron chi connectivity index (χ1n) is 6.81. The molecule has 0 spiro atoms. The van der Waals surface area contributed by atoms with Crippen LogP contribution >= 0.6 is 0 Å². The molecule has 0 aliphatic heterocycles. The van der Waals surface area contributed by atoms with Crippen LogP contribution in [0.2, 0.25) is 0 Å². The van der Waals surface area contributed by atoms with Crippen LogP contribution in [-0.4, -0.2) is 43.3 Å². The first-order chi connectivity index (χ1) is 8.30. The number of nitrogens with zero attached hydrogens (tertiary/aromatic N) is 1. The van der Waals surface area contributed by atoms with E-state index in [1.807, 2.05) is 0 Å². The number of alkyl halides is 3. The van der Waals surface area contributed by atoms with Crippen molar-refractivity contribution in [1.82, 2.24) is 10.2 Å². The van der Waals surface area contributed by atoms with Crippen molar-refractivity contribution in [2.24, 2.45) is 5.92 Å². The summed E-state index contributed by atoms with van der Waals surface area (Å²) >= 11 is 0. The van der Waals surface area contributed by atoms with E-state index in [0.717, 1.165) is 13.1 Å². The van der Waals surface area contributed by atoms with Crippen molar-refractivity contribution in [3.63, 3.8) is 0 Å². The van der Waals surface area contributed by atoms with Gasteiger partial charge in [-0.3, -0.25) is 0 Å². The van der Waals surface area contributed by atoms with Gasteiger partial charge in [0.25, 0.3) is 0 Å². The van der Waals surface area contributed by atoms with Gasteiger partial charge in [-0.2, -0.15) is 13.2 Å². The number of halogens is 3. The molecule has 1 N–H and O–H groups in total. The van der Waals surface area contributed by atoms with Gasteiger partial charge < -0.3 is 10.2 Å². The second kappa shape index (κ2) is 6.75. The minimum Gasteiger partial charge on any atom is -0.313 e. The molecule has 0 aromatic heterocycles. The predicted octanol–water partition coefficient (Wildman–Crippen LogP) is 3.04. The zero-order valence-corrected chi connectivity index (χ0v) is 11.6. The van der Waals surface area contributed by atoms with E-state index in [2.05, 4.69) is 31.1 Å². The molecule has 1 aliphatic carbocycles. The van der Waals surface area contributed by atoms with Gasteiger partial charge in [-0.15, -0.1) is 0 Å². The van der Waals surface area contributed by atoms with Gasteiger partial charge in [0.05, 0.1) is 5.92 Å². The van der Waals surface area contributed by atoms with Gasteiger partial charge in [-0.1, -0.05) is 0 Å². The molecule has 0 atom stereocenters. The number of hydrogen-bond acceptors (Lipinski definition) is 2. The summed E-state index contributed by atoms with van der Waals surface area (Å²) in [5.74, 6) is -1.08. The number of rotatable bonds is 5. The predicted molar refractivity (Wildman–Crippen MR) is 67.6 cm³/mol. The molecule has 0 saturated heterocycles. The maximum atomic E-state index is 12.5. The topological polar surface area (TPSA) is 15.3 Å². The van der Waals surface area contributed by atoms with E-state index in [9.17, 15) is 13.2 Å². The van der Waals surface area contributed by atoms with Crippen molar-refractivity contribution >= 4 is 0 Å². The highest BCUT2D eigenvalue weighted by molar-refractivity contribution is 4.80. The van der Waals surface area contributed by atoms with Crippen molar-refractivity contribution in [2.45, 2.75) is 57.8 Å². The molecule has 1 saturated carbocycles. The number of hydrogen-bond donors (Lipinski definition) is 1. The third kappa shape index (κ3) is 5.14. The van der Waals surface area contributed by atoms with E-state index in [0.29, 0.717) is 18.9 Å². The van der Waals surface area contributed by atoms with Crippen molar-refractivity contribution in [1.29, 1.82) is 0 Å². The highest BCUT2D eigenvalue weighted by Crippen LogP contribution is 2.37. The van der Waals surface area contributed by atoms with Gasteiger partial charge in [-0.05, 0) is 46.6 Å². The standard InChI is InChI=1S/C13H25F3N2/c1-10(2)18(3)9-8-17-12-6-4-11(5-7-12)13(14,15)16/h10-12,17H,4-9H2,1-3H3. The monoisotopic (exact) mass is 266 g/mol. The summed E-state index contributed by atoms with van der Waals surface area (Å²) in [4.78, 5) is 2.23. The Hall–Kier alpha value is -0.290. The van der Waals surface area contributed by atoms with E-state index in [4.69, 9.17) is 0 Å². The minimum atomic E-state index is -4.00. The van der Waals surface area contributed by atoms with Crippen molar-refractivity contribution in [2.75, 3.05) is 20.1 Å².